The minimum absolute atomic E-state index is 0.0243. The van der Waals surface area contributed by atoms with Gasteiger partial charge in [0.25, 0.3) is 5.56 Å². The summed E-state index contributed by atoms with van der Waals surface area (Å²) in [5, 5.41) is 13.7. The van der Waals surface area contributed by atoms with Crippen LogP contribution in [0.2, 0.25) is 0 Å². The fraction of sp³-hybridized carbons (Fsp3) is 0.350. The van der Waals surface area contributed by atoms with E-state index >= 15 is 0 Å². The van der Waals surface area contributed by atoms with Crippen molar-refractivity contribution in [1.29, 1.82) is 0 Å². The van der Waals surface area contributed by atoms with Crippen LogP contribution in [0.3, 0.4) is 0 Å². The Hall–Kier alpha value is -2.52. The number of tetrazole rings is 1. The predicted molar refractivity (Wildman–Crippen MR) is 117 cm³/mol. The monoisotopic (exact) mass is 426 g/mol. The second-order valence-electron chi connectivity index (χ2n) is 6.94. The molecule has 0 saturated carbocycles. The van der Waals surface area contributed by atoms with Gasteiger partial charge in [-0.1, -0.05) is 30.0 Å². The number of rotatable bonds is 5. The van der Waals surface area contributed by atoms with Gasteiger partial charge in [0, 0.05) is 11.4 Å². The van der Waals surface area contributed by atoms with E-state index in [-0.39, 0.29) is 5.56 Å². The Morgan fingerprint density at radius 1 is 1.14 bits per heavy atom. The summed E-state index contributed by atoms with van der Waals surface area (Å²) in [5.41, 5.74) is 4.27. The Morgan fingerprint density at radius 2 is 1.86 bits per heavy atom. The van der Waals surface area contributed by atoms with Crippen LogP contribution in [0.15, 0.2) is 28.2 Å². The van der Waals surface area contributed by atoms with Gasteiger partial charge in [-0.2, -0.15) is 4.68 Å². The molecule has 0 spiro atoms. The number of nitrogens with zero attached hydrogens (tertiary/aromatic N) is 6. The highest BCUT2D eigenvalue weighted by Crippen LogP contribution is 2.29. The molecule has 0 aliphatic rings. The highest BCUT2D eigenvalue weighted by Gasteiger charge is 2.18. The molecule has 0 N–H and O–H groups in total. The topological polar surface area (TPSA) is 78.5 Å². The zero-order valence-electron chi connectivity index (χ0n) is 17.1. The molecule has 9 heteroatoms. The minimum atomic E-state index is 0.0243. The number of para-hydroxylation sites is 1. The number of thioether (sulfide) groups is 1. The van der Waals surface area contributed by atoms with E-state index in [1.165, 1.54) is 11.8 Å². The smallest absolute Gasteiger partial charge is 0.263 e. The maximum Gasteiger partial charge on any atom is 0.263 e. The summed E-state index contributed by atoms with van der Waals surface area (Å²) in [4.78, 5) is 19.7. The molecule has 0 amide bonds. The highest BCUT2D eigenvalue weighted by atomic mass is 32.2. The molecule has 7 nitrogen and oxygen atoms in total. The fourth-order valence-corrected chi connectivity index (χ4v) is 5.48. The van der Waals surface area contributed by atoms with Gasteiger partial charge in [-0.15, -0.1) is 16.4 Å². The van der Waals surface area contributed by atoms with E-state index in [9.17, 15) is 4.79 Å². The second-order valence-corrected chi connectivity index (χ2v) is 9.09. The van der Waals surface area contributed by atoms with Gasteiger partial charge >= 0.3 is 0 Å². The lowest BCUT2D eigenvalue weighted by Crippen LogP contribution is -2.22. The van der Waals surface area contributed by atoms with E-state index in [2.05, 4.69) is 15.5 Å². The first kappa shape index (κ1) is 19.8. The van der Waals surface area contributed by atoms with Crippen LogP contribution < -0.4 is 5.56 Å². The third kappa shape index (κ3) is 3.38. The molecule has 4 rings (SSSR count). The summed E-state index contributed by atoms with van der Waals surface area (Å²) < 4.78 is 3.52. The van der Waals surface area contributed by atoms with Gasteiger partial charge in [0.05, 0.1) is 16.8 Å². The van der Waals surface area contributed by atoms with E-state index in [0.717, 1.165) is 43.3 Å². The normalized spacial score (nSPS) is 11.5. The molecular formula is C20H22N6OS2. The molecule has 0 aliphatic carbocycles. The van der Waals surface area contributed by atoms with Gasteiger partial charge in [-0.3, -0.25) is 9.36 Å². The Labute approximate surface area is 176 Å². The molecule has 0 radical (unpaired) electrons. The third-order valence-corrected chi connectivity index (χ3v) is 7.16. The van der Waals surface area contributed by atoms with Gasteiger partial charge in [0.1, 0.15) is 4.83 Å². The van der Waals surface area contributed by atoms with E-state index in [4.69, 9.17) is 4.98 Å². The van der Waals surface area contributed by atoms with E-state index in [1.807, 2.05) is 52.8 Å². The summed E-state index contributed by atoms with van der Waals surface area (Å²) in [6, 6.07) is 6.12. The summed E-state index contributed by atoms with van der Waals surface area (Å²) in [6.45, 7) is 10.7. The van der Waals surface area contributed by atoms with Gasteiger partial charge in [-0.25, -0.2) is 4.98 Å². The number of aryl methyl sites for hydroxylation is 4. The van der Waals surface area contributed by atoms with Crippen LogP contribution >= 0.6 is 23.1 Å². The highest BCUT2D eigenvalue weighted by molar-refractivity contribution is 7.98. The first-order valence-electron chi connectivity index (χ1n) is 9.39. The number of thiophene rings is 1. The number of hydrogen-bond donors (Lipinski definition) is 0. The van der Waals surface area contributed by atoms with Crippen molar-refractivity contribution >= 4 is 33.3 Å². The van der Waals surface area contributed by atoms with Crippen molar-refractivity contribution in [2.75, 3.05) is 0 Å². The number of aromatic nitrogens is 6. The quantitative estimate of drug-likeness (QED) is 0.355. The average molecular weight is 427 g/mol. The van der Waals surface area contributed by atoms with Crippen molar-refractivity contribution in [3.63, 3.8) is 0 Å². The van der Waals surface area contributed by atoms with Crippen LogP contribution in [-0.2, 0) is 12.3 Å². The maximum absolute atomic E-state index is 13.0. The van der Waals surface area contributed by atoms with Crippen molar-refractivity contribution in [3.8, 4) is 5.69 Å². The first-order valence-corrected chi connectivity index (χ1v) is 11.2. The van der Waals surface area contributed by atoms with Gasteiger partial charge < -0.3 is 0 Å². The van der Waals surface area contributed by atoms with E-state index in [0.29, 0.717) is 17.5 Å². The summed E-state index contributed by atoms with van der Waals surface area (Å²) in [6.07, 6.45) is 0. The molecule has 29 heavy (non-hydrogen) atoms. The fourth-order valence-electron chi connectivity index (χ4n) is 3.44. The lowest BCUT2D eigenvalue weighted by atomic mass is 10.1. The van der Waals surface area contributed by atoms with Crippen molar-refractivity contribution in [1.82, 2.24) is 29.8 Å². The molecule has 0 saturated heterocycles. The zero-order chi connectivity index (χ0) is 20.7. The molecular weight excluding hydrogens is 404 g/mol. The summed E-state index contributed by atoms with van der Waals surface area (Å²) in [7, 11) is 0. The minimum Gasteiger partial charge on any atom is -0.287 e. The van der Waals surface area contributed by atoms with Crippen LogP contribution in [0, 0.1) is 27.7 Å². The number of hydrogen-bond acceptors (Lipinski definition) is 7. The molecule has 0 fully saturated rings. The largest absolute Gasteiger partial charge is 0.287 e. The van der Waals surface area contributed by atoms with Crippen LogP contribution in [0.1, 0.15) is 34.3 Å². The molecule has 150 valence electrons. The lowest BCUT2D eigenvalue weighted by molar-refractivity contribution is 0.635. The SMILES string of the molecule is CCn1c(SCc2nnnn2-c2c(C)cccc2C)nc2sc(C)c(C)c2c1=O. The molecule has 0 atom stereocenters. The molecule has 3 heterocycles. The van der Waals surface area contributed by atoms with Crippen LogP contribution in [-0.4, -0.2) is 29.8 Å². The molecule has 3 aromatic heterocycles. The van der Waals surface area contributed by atoms with Crippen molar-refractivity contribution in [2.24, 2.45) is 0 Å². The van der Waals surface area contributed by atoms with Gasteiger partial charge in [0.2, 0.25) is 0 Å². The zero-order valence-corrected chi connectivity index (χ0v) is 18.7. The van der Waals surface area contributed by atoms with Crippen molar-refractivity contribution in [2.45, 2.75) is 52.1 Å². The standard InChI is InChI=1S/C20H22N6OS2/c1-6-25-19(27)16-13(4)14(5)29-18(16)21-20(25)28-10-15-22-23-24-26(15)17-11(2)8-7-9-12(17)3/h7-9H,6,10H2,1-5H3. The van der Waals surface area contributed by atoms with Crippen LogP contribution in [0.4, 0.5) is 0 Å². The van der Waals surface area contributed by atoms with Crippen LogP contribution in [0.25, 0.3) is 15.9 Å². The Balaban J connectivity index is 1.72. The Morgan fingerprint density at radius 3 is 2.55 bits per heavy atom. The summed E-state index contributed by atoms with van der Waals surface area (Å²) >= 11 is 3.06. The van der Waals surface area contributed by atoms with Crippen molar-refractivity contribution in [3.05, 3.63) is 55.9 Å². The van der Waals surface area contributed by atoms with E-state index < -0.39 is 0 Å². The van der Waals surface area contributed by atoms with Crippen LogP contribution in [0.5, 0.6) is 0 Å². The maximum atomic E-state index is 13.0. The first-order chi connectivity index (χ1) is 13.9. The number of fused-ring (bicyclic) bond motifs is 1. The molecule has 4 aromatic rings. The Bertz CT molecular complexity index is 1250. The Kier molecular flexibility index (Phi) is 5.26. The van der Waals surface area contributed by atoms with Gasteiger partial charge in [0.15, 0.2) is 11.0 Å². The average Bonchev–Trinajstić information content (AvgIpc) is 3.24. The molecule has 0 unspecified atom stereocenters. The second kappa shape index (κ2) is 7.72. The molecule has 0 bridgehead atoms. The lowest BCUT2D eigenvalue weighted by Gasteiger charge is -2.12. The molecule has 1 aromatic carbocycles. The van der Waals surface area contributed by atoms with Gasteiger partial charge in [-0.05, 0) is 61.7 Å². The third-order valence-electron chi connectivity index (χ3n) is 5.09. The van der Waals surface area contributed by atoms with Crippen molar-refractivity contribution < 1.29 is 0 Å². The van der Waals surface area contributed by atoms with E-state index in [1.54, 1.807) is 20.6 Å². The predicted octanol–water partition coefficient (Wildman–Crippen LogP) is 3.98. The molecule has 0 aliphatic heterocycles. The summed E-state index contributed by atoms with van der Waals surface area (Å²) in [5.74, 6) is 1.24. The number of benzene rings is 1.